The number of amides is 1. The number of carbonyl (C=O) groups is 2. The van der Waals surface area contributed by atoms with Gasteiger partial charge in [-0.1, -0.05) is 19.9 Å². The van der Waals surface area contributed by atoms with Gasteiger partial charge in [0.15, 0.2) is 0 Å². The van der Waals surface area contributed by atoms with Crippen LogP contribution in [0.2, 0.25) is 0 Å². The first-order valence-electron chi connectivity index (χ1n) is 6.68. The molecule has 1 atom stereocenters. The van der Waals surface area contributed by atoms with Crippen LogP contribution in [0, 0.1) is 18.8 Å². The van der Waals surface area contributed by atoms with Crippen molar-refractivity contribution in [3.05, 3.63) is 29.3 Å². The summed E-state index contributed by atoms with van der Waals surface area (Å²) in [6, 6.07) is 5.05. The Balaban J connectivity index is 2.65. The number of hydrogen-bond donors (Lipinski definition) is 3. The van der Waals surface area contributed by atoms with Gasteiger partial charge in [0, 0.05) is 17.8 Å². The quantitative estimate of drug-likeness (QED) is 0.694. The second-order valence-corrected chi connectivity index (χ2v) is 5.45. The number of hydrogen-bond acceptors (Lipinski definition) is 3. The summed E-state index contributed by atoms with van der Waals surface area (Å²) in [6.45, 7) is 5.90. The van der Waals surface area contributed by atoms with Gasteiger partial charge < -0.3 is 16.2 Å². The molecule has 0 saturated heterocycles. The lowest BCUT2D eigenvalue weighted by Gasteiger charge is -2.15. The van der Waals surface area contributed by atoms with Crippen LogP contribution in [0.1, 0.15) is 36.2 Å². The monoisotopic (exact) mass is 278 g/mol. The second-order valence-electron chi connectivity index (χ2n) is 5.45. The van der Waals surface area contributed by atoms with Gasteiger partial charge in [0.05, 0.1) is 5.92 Å². The zero-order valence-electron chi connectivity index (χ0n) is 12.1. The lowest BCUT2D eigenvalue weighted by Crippen LogP contribution is -2.33. The van der Waals surface area contributed by atoms with Gasteiger partial charge >= 0.3 is 5.97 Å². The Hall–Kier alpha value is -2.04. The van der Waals surface area contributed by atoms with E-state index in [1.807, 2.05) is 20.8 Å². The van der Waals surface area contributed by atoms with Crippen molar-refractivity contribution < 1.29 is 14.7 Å². The first-order valence-corrected chi connectivity index (χ1v) is 6.68. The van der Waals surface area contributed by atoms with E-state index in [9.17, 15) is 9.59 Å². The molecule has 5 nitrogen and oxygen atoms in total. The summed E-state index contributed by atoms with van der Waals surface area (Å²) in [5.41, 5.74) is 7.66. The van der Waals surface area contributed by atoms with Crippen molar-refractivity contribution in [3.63, 3.8) is 0 Å². The van der Waals surface area contributed by atoms with E-state index in [0.29, 0.717) is 17.7 Å². The van der Waals surface area contributed by atoms with Gasteiger partial charge in [0.1, 0.15) is 0 Å². The number of nitrogens with two attached hydrogens (primary N) is 1. The molecule has 0 spiro atoms. The normalized spacial score (nSPS) is 12.2. The van der Waals surface area contributed by atoms with Gasteiger partial charge in [-0.05, 0) is 37.0 Å². The molecule has 1 aromatic rings. The third-order valence-corrected chi connectivity index (χ3v) is 3.16. The van der Waals surface area contributed by atoms with Crippen LogP contribution in [0.5, 0.6) is 0 Å². The number of carboxylic acid groups (broad SMARTS) is 1. The maximum atomic E-state index is 12.0. The lowest BCUT2D eigenvalue weighted by molar-refractivity contribution is -0.142. The molecule has 4 N–H and O–H groups in total. The molecule has 0 aliphatic heterocycles. The van der Waals surface area contributed by atoms with E-state index < -0.39 is 11.9 Å². The number of aryl methyl sites for hydroxylation is 1. The smallest absolute Gasteiger partial charge is 0.308 e. The first-order chi connectivity index (χ1) is 9.31. The van der Waals surface area contributed by atoms with Crippen LogP contribution in [0.4, 0.5) is 5.69 Å². The molecule has 1 amide bonds. The number of nitrogen functional groups attached to an aromatic ring is 1. The van der Waals surface area contributed by atoms with E-state index in [2.05, 4.69) is 5.32 Å². The van der Waals surface area contributed by atoms with E-state index in [0.717, 1.165) is 5.56 Å². The maximum absolute atomic E-state index is 12.0. The minimum Gasteiger partial charge on any atom is -0.481 e. The molecule has 5 heteroatoms. The topological polar surface area (TPSA) is 92.4 Å². The minimum atomic E-state index is -0.887. The van der Waals surface area contributed by atoms with Crippen molar-refractivity contribution in [3.8, 4) is 0 Å². The van der Waals surface area contributed by atoms with E-state index in [-0.39, 0.29) is 18.4 Å². The Morgan fingerprint density at radius 3 is 2.50 bits per heavy atom. The Bertz CT molecular complexity index is 498. The zero-order chi connectivity index (χ0) is 15.3. The van der Waals surface area contributed by atoms with E-state index in [4.69, 9.17) is 10.8 Å². The number of aliphatic carboxylic acids is 1. The Morgan fingerprint density at radius 1 is 1.35 bits per heavy atom. The number of carboxylic acids is 1. The molecule has 20 heavy (non-hydrogen) atoms. The van der Waals surface area contributed by atoms with Crippen LogP contribution in [0.25, 0.3) is 0 Å². The van der Waals surface area contributed by atoms with Crippen molar-refractivity contribution in [2.75, 3.05) is 12.3 Å². The molecule has 1 rings (SSSR count). The average molecular weight is 278 g/mol. The molecular weight excluding hydrogens is 256 g/mol. The highest BCUT2D eigenvalue weighted by Gasteiger charge is 2.20. The molecule has 0 aromatic heterocycles. The summed E-state index contributed by atoms with van der Waals surface area (Å²) in [6.07, 6.45) is 0.533. The predicted octanol–water partition coefficient (Wildman–Crippen LogP) is 2.05. The third kappa shape index (κ3) is 4.57. The summed E-state index contributed by atoms with van der Waals surface area (Å²) < 4.78 is 0. The number of anilines is 1. The van der Waals surface area contributed by atoms with Crippen molar-refractivity contribution in [2.45, 2.75) is 27.2 Å². The van der Waals surface area contributed by atoms with Crippen LogP contribution >= 0.6 is 0 Å². The van der Waals surface area contributed by atoms with Gasteiger partial charge in [-0.3, -0.25) is 9.59 Å². The van der Waals surface area contributed by atoms with Crippen molar-refractivity contribution >= 4 is 17.6 Å². The van der Waals surface area contributed by atoms with Crippen molar-refractivity contribution in [2.24, 2.45) is 11.8 Å². The van der Waals surface area contributed by atoms with Crippen molar-refractivity contribution in [1.82, 2.24) is 5.32 Å². The standard InChI is InChI=1S/C15H22N2O3/c1-9(2)6-12(15(19)20)8-17-14(18)11-5-4-10(3)13(16)7-11/h4-5,7,9,12H,6,8,16H2,1-3H3,(H,17,18)(H,19,20). The van der Waals surface area contributed by atoms with Gasteiger partial charge in [-0.25, -0.2) is 0 Å². The Kier molecular flexibility index (Phi) is 5.55. The van der Waals surface area contributed by atoms with E-state index >= 15 is 0 Å². The van der Waals surface area contributed by atoms with Crippen molar-refractivity contribution in [1.29, 1.82) is 0 Å². The average Bonchev–Trinajstić information content (AvgIpc) is 2.36. The zero-order valence-corrected chi connectivity index (χ0v) is 12.1. The lowest BCUT2D eigenvalue weighted by atomic mass is 9.97. The Morgan fingerprint density at radius 2 is 2.00 bits per heavy atom. The highest BCUT2D eigenvalue weighted by Crippen LogP contribution is 2.14. The summed E-state index contributed by atoms with van der Waals surface area (Å²) in [5, 5.41) is 11.8. The molecule has 110 valence electrons. The summed E-state index contributed by atoms with van der Waals surface area (Å²) in [5.74, 6) is -1.49. The summed E-state index contributed by atoms with van der Waals surface area (Å²) >= 11 is 0. The fourth-order valence-electron chi connectivity index (χ4n) is 1.94. The summed E-state index contributed by atoms with van der Waals surface area (Å²) in [4.78, 5) is 23.1. The van der Waals surface area contributed by atoms with E-state index in [1.165, 1.54) is 0 Å². The molecule has 0 fully saturated rings. The number of carbonyl (C=O) groups excluding carboxylic acids is 1. The van der Waals surface area contributed by atoms with E-state index in [1.54, 1.807) is 18.2 Å². The van der Waals surface area contributed by atoms with Gasteiger partial charge in [-0.2, -0.15) is 0 Å². The number of benzene rings is 1. The molecule has 0 aliphatic rings. The van der Waals surface area contributed by atoms with Crippen LogP contribution in [-0.2, 0) is 4.79 Å². The van der Waals surface area contributed by atoms with Gasteiger partial charge in [-0.15, -0.1) is 0 Å². The minimum absolute atomic E-state index is 0.125. The fraction of sp³-hybridized carbons (Fsp3) is 0.467. The highest BCUT2D eigenvalue weighted by molar-refractivity contribution is 5.95. The maximum Gasteiger partial charge on any atom is 0.308 e. The molecule has 0 saturated carbocycles. The second kappa shape index (κ2) is 6.93. The van der Waals surface area contributed by atoms with Crippen LogP contribution in [-0.4, -0.2) is 23.5 Å². The summed E-state index contributed by atoms with van der Waals surface area (Å²) in [7, 11) is 0. The van der Waals surface area contributed by atoms with Gasteiger partial charge in [0.25, 0.3) is 5.91 Å². The first kappa shape index (κ1) is 16.0. The predicted molar refractivity (Wildman–Crippen MR) is 78.5 cm³/mol. The fourth-order valence-corrected chi connectivity index (χ4v) is 1.94. The van der Waals surface area contributed by atoms with Crippen LogP contribution < -0.4 is 11.1 Å². The van der Waals surface area contributed by atoms with Crippen LogP contribution in [0.15, 0.2) is 18.2 Å². The molecular formula is C15H22N2O3. The van der Waals surface area contributed by atoms with Crippen LogP contribution in [0.3, 0.4) is 0 Å². The molecule has 1 aromatic carbocycles. The highest BCUT2D eigenvalue weighted by atomic mass is 16.4. The molecule has 1 unspecified atom stereocenters. The SMILES string of the molecule is Cc1ccc(C(=O)NCC(CC(C)C)C(=O)O)cc1N. The molecule has 0 radical (unpaired) electrons. The largest absolute Gasteiger partial charge is 0.481 e. The Labute approximate surface area is 119 Å². The molecule has 0 heterocycles. The molecule has 0 bridgehead atoms. The number of rotatable bonds is 6. The third-order valence-electron chi connectivity index (χ3n) is 3.16. The molecule has 0 aliphatic carbocycles. The van der Waals surface area contributed by atoms with Gasteiger partial charge in [0.2, 0.25) is 0 Å². The number of nitrogens with one attached hydrogen (secondary N) is 1.